The molecule has 7 aromatic carbocycles. The topological polar surface area (TPSA) is 35.9 Å². The van der Waals surface area contributed by atoms with Gasteiger partial charge in [0.1, 0.15) is 5.69 Å². The van der Waals surface area contributed by atoms with E-state index in [4.69, 9.17) is 29.1 Å². The Morgan fingerprint density at radius 1 is 0.489 bits per heavy atom. The standard InChI is InChI=1S/C43H25N3O/c1-2-12-28(13-3-1)45-36-18-6-4-14-30(36)34-25-39-35(24-38(34)45)31-15-5-7-19-37(31)46(39)29-22-20-27(21-23-29)43-44-41-32-16-8-10-26-11-9-17-33(40(26)32)42(41)47-43/h1-25H/i1D,2D,3D,4D,5D,6D,7D,8D,9D,10D,11D,12D,13D,14D,15D,16D,17D,18D,19D,20D,21D,22D,23D,24D,25D. The van der Waals surface area contributed by atoms with Crippen molar-refractivity contribution in [1.29, 1.82) is 0 Å². The van der Waals surface area contributed by atoms with E-state index in [-0.39, 0.29) is 33.4 Å². The summed E-state index contributed by atoms with van der Waals surface area (Å²) in [5.41, 5.74) is -4.86. The van der Waals surface area contributed by atoms with Crippen LogP contribution in [-0.4, -0.2) is 14.1 Å². The number of nitrogens with zero attached hydrogens (tertiary/aromatic N) is 3. The van der Waals surface area contributed by atoms with Crippen LogP contribution in [0.25, 0.3) is 99.8 Å². The second kappa shape index (κ2) is 9.09. The Hall–Kier alpha value is -6.39. The number of benzene rings is 7. The van der Waals surface area contributed by atoms with E-state index in [0.29, 0.717) is 0 Å². The van der Waals surface area contributed by atoms with Crippen molar-refractivity contribution >= 4 is 54.4 Å². The number of fused-ring (bicyclic) bond motifs is 9. The highest BCUT2D eigenvalue weighted by molar-refractivity contribution is 6.19. The van der Waals surface area contributed by atoms with E-state index >= 15 is 0 Å². The molecule has 0 radical (unpaired) electrons. The van der Waals surface area contributed by atoms with Gasteiger partial charge in [0.05, 0.1) is 56.3 Å². The molecule has 0 bridgehead atoms. The van der Waals surface area contributed by atoms with Crippen LogP contribution in [0.4, 0.5) is 0 Å². The molecule has 11 rings (SSSR count). The quantitative estimate of drug-likeness (QED) is 0.196. The molecule has 0 fully saturated rings. The summed E-state index contributed by atoms with van der Waals surface area (Å²) >= 11 is 0. The number of oxazole rings is 1. The molecular formula is C43H25N3O. The highest BCUT2D eigenvalue weighted by Gasteiger charge is 2.28. The van der Waals surface area contributed by atoms with Gasteiger partial charge in [-0.1, -0.05) is 90.6 Å². The van der Waals surface area contributed by atoms with Crippen LogP contribution in [0.1, 0.15) is 34.3 Å². The van der Waals surface area contributed by atoms with Crippen molar-refractivity contribution in [3.63, 3.8) is 0 Å². The Morgan fingerprint density at radius 2 is 1.06 bits per heavy atom. The van der Waals surface area contributed by atoms with Crippen LogP contribution in [0.3, 0.4) is 0 Å². The molecule has 1 aliphatic rings. The minimum atomic E-state index is -0.950. The molecule has 0 atom stereocenters. The first kappa shape index (κ1) is 11.1. The third-order valence-corrected chi connectivity index (χ3v) is 8.04. The maximum Gasteiger partial charge on any atom is 0.227 e. The van der Waals surface area contributed by atoms with Gasteiger partial charge in [0.15, 0.2) is 5.76 Å². The number of rotatable bonds is 3. The fourth-order valence-electron chi connectivity index (χ4n) is 6.12. The van der Waals surface area contributed by atoms with Crippen molar-refractivity contribution < 1.29 is 38.7 Å². The summed E-state index contributed by atoms with van der Waals surface area (Å²) in [7, 11) is 0. The summed E-state index contributed by atoms with van der Waals surface area (Å²) in [5.74, 6) is -0.896. The SMILES string of the molecule is [2H]c1c([2H])c([2H])c(-n2c3c([2H])c([2H])c([2H])c([2H])c3c3c([2H])c4c(c([2H])c32)c2c([2H])c([2H])c([2H])c([2H])c2n4-c2c([2H])c([2H])c(-c3nc4c(o3)-c3c([2H])c([2H])c([2H])c5c([2H])c([2H])c([2H])c-4c35)c([2H])c2[2H])c([2H])c1[2H]. The Labute approximate surface area is 304 Å². The van der Waals surface area contributed by atoms with Gasteiger partial charge in [0.2, 0.25) is 5.89 Å². The van der Waals surface area contributed by atoms with E-state index in [1.165, 1.54) is 0 Å². The molecule has 3 heterocycles. The van der Waals surface area contributed by atoms with E-state index < -0.39 is 218 Å². The zero-order valence-corrected chi connectivity index (χ0v) is 23.2. The summed E-state index contributed by atoms with van der Waals surface area (Å²) in [4.78, 5) is 4.42. The molecule has 0 aliphatic heterocycles. The highest BCUT2D eigenvalue weighted by Crippen LogP contribution is 2.48. The average molecular weight is 625 g/mol. The first-order chi connectivity index (χ1) is 33.7. The molecule has 0 amide bonds. The van der Waals surface area contributed by atoms with Gasteiger partial charge in [-0.2, -0.15) is 0 Å². The van der Waals surface area contributed by atoms with Gasteiger partial charge in [-0.25, -0.2) is 4.98 Å². The Bertz CT molecular complexity index is 4210. The molecule has 47 heavy (non-hydrogen) atoms. The van der Waals surface area contributed by atoms with Crippen molar-refractivity contribution in [1.82, 2.24) is 14.1 Å². The van der Waals surface area contributed by atoms with Crippen LogP contribution in [0.2, 0.25) is 0 Å². The normalized spacial score (nSPS) is 19.7. The lowest BCUT2D eigenvalue weighted by Crippen LogP contribution is -1.94. The molecule has 4 heteroatoms. The van der Waals surface area contributed by atoms with Crippen LogP contribution < -0.4 is 0 Å². The van der Waals surface area contributed by atoms with Gasteiger partial charge in [-0.15, -0.1) is 0 Å². The summed E-state index contributed by atoms with van der Waals surface area (Å²) in [6, 6.07) is -19.8. The Balaban J connectivity index is 1.30. The summed E-state index contributed by atoms with van der Waals surface area (Å²) in [6.45, 7) is 0. The van der Waals surface area contributed by atoms with Crippen LogP contribution in [0, 0.1) is 0 Å². The summed E-state index contributed by atoms with van der Waals surface area (Å²) in [5, 5.41) is -2.28. The van der Waals surface area contributed by atoms with Gasteiger partial charge in [-0.3, -0.25) is 0 Å². The van der Waals surface area contributed by atoms with E-state index in [0.717, 1.165) is 9.13 Å². The number of hydrogen-bond donors (Lipinski definition) is 0. The van der Waals surface area contributed by atoms with Crippen LogP contribution in [0.15, 0.2) is 155 Å². The van der Waals surface area contributed by atoms with Crippen molar-refractivity contribution in [3.8, 4) is 45.4 Å². The van der Waals surface area contributed by atoms with Crippen LogP contribution in [0.5, 0.6) is 0 Å². The molecule has 0 saturated carbocycles. The molecule has 0 unspecified atom stereocenters. The van der Waals surface area contributed by atoms with Gasteiger partial charge in [0.25, 0.3) is 0 Å². The third-order valence-electron chi connectivity index (χ3n) is 8.04. The Morgan fingerprint density at radius 3 is 1.72 bits per heavy atom. The minimum Gasteiger partial charge on any atom is -0.435 e. The largest absolute Gasteiger partial charge is 0.435 e. The smallest absolute Gasteiger partial charge is 0.227 e. The van der Waals surface area contributed by atoms with E-state index in [2.05, 4.69) is 4.98 Å². The van der Waals surface area contributed by atoms with Crippen LogP contribution >= 0.6 is 0 Å². The maximum atomic E-state index is 9.95. The summed E-state index contributed by atoms with van der Waals surface area (Å²) < 4.78 is 231. The first-order valence-corrected chi connectivity index (χ1v) is 13.9. The van der Waals surface area contributed by atoms with Gasteiger partial charge in [-0.05, 0) is 65.8 Å². The summed E-state index contributed by atoms with van der Waals surface area (Å²) in [6.07, 6.45) is 0. The number of para-hydroxylation sites is 3. The lowest BCUT2D eigenvalue weighted by Gasteiger charge is -2.09. The molecular weight excluding hydrogens is 574 g/mol. The second-order valence-electron chi connectivity index (χ2n) is 10.5. The third kappa shape index (κ3) is 3.34. The molecule has 0 spiro atoms. The zero-order valence-electron chi connectivity index (χ0n) is 48.2. The Kier molecular flexibility index (Phi) is 2.15. The van der Waals surface area contributed by atoms with E-state index in [1.54, 1.807) is 0 Å². The molecule has 3 aromatic heterocycles. The van der Waals surface area contributed by atoms with Crippen molar-refractivity contribution in [2.24, 2.45) is 0 Å². The minimum absolute atomic E-state index is 0.0216. The molecule has 4 nitrogen and oxygen atoms in total. The fraction of sp³-hybridized carbons (Fsp3) is 0. The zero-order chi connectivity index (χ0) is 52.4. The van der Waals surface area contributed by atoms with Gasteiger partial charge < -0.3 is 13.6 Å². The molecule has 10 aromatic rings. The first-order valence-electron chi connectivity index (χ1n) is 26.4. The highest BCUT2D eigenvalue weighted by atomic mass is 16.4. The molecule has 218 valence electrons. The average Bonchev–Trinajstić information content (AvgIpc) is 4.10. The predicted octanol–water partition coefficient (Wildman–Crippen LogP) is 11.3. The van der Waals surface area contributed by atoms with Crippen molar-refractivity contribution in [3.05, 3.63) is 151 Å². The molecule has 0 N–H and O–H groups in total. The van der Waals surface area contributed by atoms with Crippen molar-refractivity contribution in [2.45, 2.75) is 0 Å². The van der Waals surface area contributed by atoms with Crippen LogP contribution in [-0.2, 0) is 0 Å². The molecule has 1 aliphatic carbocycles. The maximum absolute atomic E-state index is 9.95. The number of hydrogen-bond acceptors (Lipinski definition) is 2. The fourth-order valence-corrected chi connectivity index (χ4v) is 6.12. The van der Waals surface area contributed by atoms with E-state index in [1.807, 2.05) is 0 Å². The lowest BCUT2D eigenvalue weighted by molar-refractivity contribution is 0.590. The number of aromatic nitrogens is 3. The second-order valence-corrected chi connectivity index (χ2v) is 10.5. The van der Waals surface area contributed by atoms with Gasteiger partial charge in [0, 0.05) is 55.0 Å². The van der Waals surface area contributed by atoms with Gasteiger partial charge >= 0.3 is 0 Å². The lowest BCUT2D eigenvalue weighted by atomic mass is 10.0. The van der Waals surface area contributed by atoms with Crippen molar-refractivity contribution in [2.75, 3.05) is 0 Å². The molecule has 0 saturated heterocycles. The van der Waals surface area contributed by atoms with E-state index in [9.17, 15) is 9.60 Å². The predicted molar refractivity (Wildman–Crippen MR) is 193 cm³/mol. The monoisotopic (exact) mass is 624 g/mol.